The van der Waals surface area contributed by atoms with E-state index < -0.39 is 5.41 Å². The number of hydrogen-bond acceptors (Lipinski definition) is 4. The van der Waals surface area contributed by atoms with Crippen molar-refractivity contribution in [2.75, 3.05) is 31.3 Å². The maximum atomic E-state index is 13.0. The van der Waals surface area contributed by atoms with Crippen LogP contribution in [0, 0.1) is 5.41 Å². The van der Waals surface area contributed by atoms with Gasteiger partial charge >= 0.3 is 0 Å². The molecule has 1 fully saturated rings. The summed E-state index contributed by atoms with van der Waals surface area (Å²) in [6.07, 6.45) is 0.812. The van der Waals surface area contributed by atoms with Crippen LogP contribution in [0.25, 0.3) is 0 Å². The van der Waals surface area contributed by atoms with Gasteiger partial charge in [-0.3, -0.25) is 4.79 Å². The second-order valence-corrected chi connectivity index (χ2v) is 5.67. The molecule has 1 aromatic rings. The Morgan fingerprint density at radius 1 is 1.45 bits per heavy atom. The van der Waals surface area contributed by atoms with Gasteiger partial charge in [0.1, 0.15) is 5.75 Å². The van der Waals surface area contributed by atoms with Gasteiger partial charge in [-0.2, -0.15) is 0 Å². The van der Waals surface area contributed by atoms with Gasteiger partial charge in [-0.25, -0.2) is 0 Å². The number of ether oxygens (including phenoxy) is 2. The molecule has 1 aromatic carbocycles. The topological polar surface area (TPSA) is 64.8 Å². The number of fused-ring (bicyclic) bond motifs is 1. The monoisotopic (exact) mass is 276 g/mol. The first-order valence-corrected chi connectivity index (χ1v) is 7.00. The minimum Gasteiger partial charge on any atom is -0.491 e. The zero-order chi connectivity index (χ0) is 14.2. The van der Waals surface area contributed by atoms with E-state index in [1.165, 1.54) is 0 Å². The van der Waals surface area contributed by atoms with Crippen molar-refractivity contribution >= 4 is 11.6 Å². The normalized spacial score (nSPS) is 29.5. The summed E-state index contributed by atoms with van der Waals surface area (Å²) in [5.74, 6) is 0.787. The van der Waals surface area contributed by atoms with Crippen LogP contribution in [-0.4, -0.2) is 38.3 Å². The van der Waals surface area contributed by atoms with Gasteiger partial charge in [-0.1, -0.05) is 12.1 Å². The van der Waals surface area contributed by atoms with E-state index in [4.69, 9.17) is 15.2 Å². The minimum atomic E-state index is -0.655. The van der Waals surface area contributed by atoms with Gasteiger partial charge in [-0.15, -0.1) is 0 Å². The third kappa shape index (κ3) is 2.07. The first-order chi connectivity index (χ1) is 9.63. The van der Waals surface area contributed by atoms with Gasteiger partial charge in [0.05, 0.1) is 30.9 Å². The number of rotatable bonds is 1. The Balaban J connectivity index is 1.95. The van der Waals surface area contributed by atoms with Gasteiger partial charge in [0.15, 0.2) is 0 Å². The Hall–Kier alpha value is -1.59. The number of amides is 1. The molecule has 0 radical (unpaired) electrons. The SMILES string of the molecule is CC1(C(=O)N2CCCOc3ccccc32)COCC1N. The molecule has 1 amide bonds. The quantitative estimate of drug-likeness (QED) is 0.836. The van der Waals surface area contributed by atoms with Crippen molar-refractivity contribution in [3.05, 3.63) is 24.3 Å². The summed E-state index contributed by atoms with van der Waals surface area (Å²) in [6.45, 7) is 3.99. The van der Waals surface area contributed by atoms with Crippen LogP contribution in [0.4, 0.5) is 5.69 Å². The van der Waals surface area contributed by atoms with Crippen molar-refractivity contribution in [2.24, 2.45) is 11.1 Å². The highest BCUT2D eigenvalue weighted by molar-refractivity contribution is 5.99. The summed E-state index contributed by atoms with van der Waals surface area (Å²) in [6, 6.07) is 7.39. The summed E-state index contributed by atoms with van der Waals surface area (Å²) in [4.78, 5) is 14.8. The molecule has 2 aliphatic heterocycles. The second kappa shape index (κ2) is 5.07. The molecule has 0 bridgehead atoms. The smallest absolute Gasteiger partial charge is 0.237 e. The predicted octanol–water partition coefficient (Wildman–Crippen LogP) is 1.17. The second-order valence-electron chi connectivity index (χ2n) is 5.67. The third-order valence-corrected chi connectivity index (χ3v) is 4.19. The highest BCUT2D eigenvalue weighted by Crippen LogP contribution is 2.36. The number of carbonyl (C=O) groups is 1. The Morgan fingerprint density at radius 2 is 2.25 bits per heavy atom. The lowest BCUT2D eigenvalue weighted by Crippen LogP contribution is -2.51. The molecule has 5 nitrogen and oxygen atoms in total. The highest BCUT2D eigenvalue weighted by atomic mass is 16.5. The van der Waals surface area contributed by atoms with Crippen LogP contribution in [-0.2, 0) is 9.53 Å². The average molecular weight is 276 g/mol. The molecule has 1 saturated heterocycles. The van der Waals surface area contributed by atoms with Crippen LogP contribution < -0.4 is 15.4 Å². The van der Waals surface area contributed by atoms with Gasteiger partial charge in [-0.05, 0) is 25.5 Å². The first-order valence-electron chi connectivity index (χ1n) is 7.00. The molecule has 2 heterocycles. The number of hydrogen-bond donors (Lipinski definition) is 1. The van der Waals surface area contributed by atoms with Crippen molar-refractivity contribution in [1.29, 1.82) is 0 Å². The van der Waals surface area contributed by atoms with E-state index in [2.05, 4.69) is 0 Å². The van der Waals surface area contributed by atoms with Gasteiger partial charge < -0.3 is 20.1 Å². The Morgan fingerprint density at radius 3 is 3.00 bits per heavy atom. The highest BCUT2D eigenvalue weighted by Gasteiger charge is 2.47. The van der Waals surface area contributed by atoms with Crippen LogP contribution in [0.1, 0.15) is 13.3 Å². The van der Waals surface area contributed by atoms with E-state index in [0.29, 0.717) is 26.4 Å². The molecular weight excluding hydrogens is 256 g/mol. The Kier molecular flexibility index (Phi) is 3.40. The van der Waals surface area contributed by atoms with Crippen LogP contribution in [0.3, 0.4) is 0 Å². The van der Waals surface area contributed by atoms with Crippen LogP contribution >= 0.6 is 0 Å². The maximum Gasteiger partial charge on any atom is 0.237 e. The zero-order valence-corrected chi connectivity index (χ0v) is 11.7. The summed E-state index contributed by atoms with van der Waals surface area (Å²) in [5.41, 5.74) is 6.25. The summed E-state index contributed by atoms with van der Waals surface area (Å²) in [7, 11) is 0. The lowest BCUT2D eigenvalue weighted by atomic mass is 9.84. The lowest BCUT2D eigenvalue weighted by Gasteiger charge is -2.32. The molecule has 0 spiro atoms. The number of benzene rings is 1. The largest absolute Gasteiger partial charge is 0.491 e. The molecular formula is C15H20N2O3. The third-order valence-electron chi connectivity index (χ3n) is 4.19. The number of para-hydroxylation sites is 2. The molecule has 0 saturated carbocycles. The van der Waals surface area contributed by atoms with Crippen molar-refractivity contribution in [2.45, 2.75) is 19.4 Å². The molecule has 2 unspecified atom stereocenters. The number of carbonyl (C=O) groups excluding carboxylic acids is 1. The molecule has 2 aliphatic rings. The summed E-state index contributed by atoms with van der Waals surface area (Å²) < 4.78 is 11.1. The summed E-state index contributed by atoms with van der Waals surface area (Å²) >= 11 is 0. The fourth-order valence-corrected chi connectivity index (χ4v) is 2.76. The van der Waals surface area contributed by atoms with Crippen molar-refractivity contribution in [3.63, 3.8) is 0 Å². The fourth-order valence-electron chi connectivity index (χ4n) is 2.76. The number of nitrogens with zero attached hydrogens (tertiary/aromatic N) is 1. The predicted molar refractivity (Wildman–Crippen MR) is 75.8 cm³/mol. The van der Waals surface area contributed by atoms with E-state index >= 15 is 0 Å². The van der Waals surface area contributed by atoms with E-state index in [9.17, 15) is 4.79 Å². The van der Waals surface area contributed by atoms with E-state index in [-0.39, 0.29) is 11.9 Å². The van der Waals surface area contributed by atoms with E-state index in [0.717, 1.165) is 17.9 Å². The fraction of sp³-hybridized carbons (Fsp3) is 0.533. The molecule has 20 heavy (non-hydrogen) atoms. The van der Waals surface area contributed by atoms with Gasteiger partial charge in [0.2, 0.25) is 5.91 Å². The van der Waals surface area contributed by atoms with Crippen molar-refractivity contribution < 1.29 is 14.3 Å². The Labute approximate surface area is 118 Å². The van der Waals surface area contributed by atoms with E-state index in [1.807, 2.05) is 31.2 Å². The molecule has 3 rings (SSSR count). The molecule has 2 N–H and O–H groups in total. The lowest BCUT2D eigenvalue weighted by molar-refractivity contribution is -0.127. The molecule has 2 atom stereocenters. The van der Waals surface area contributed by atoms with Crippen LogP contribution in [0.5, 0.6) is 5.75 Å². The first kappa shape index (κ1) is 13.4. The maximum absolute atomic E-state index is 13.0. The zero-order valence-electron chi connectivity index (χ0n) is 11.7. The molecule has 5 heteroatoms. The number of nitrogens with two attached hydrogens (primary N) is 1. The molecule has 0 aliphatic carbocycles. The van der Waals surface area contributed by atoms with Gasteiger partial charge in [0, 0.05) is 12.6 Å². The van der Waals surface area contributed by atoms with E-state index in [1.54, 1.807) is 4.90 Å². The number of anilines is 1. The van der Waals surface area contributed by atoms with Crippen LogP contribution in [0.2, 0.25) is 0 Å². The Bertz CT molecular complexity index is 520. The molecule has 0 aromatic heterocycles. The van der Waals surface area contributed by atoms with Crippen molar-refractivity contribution in [3.8, 4) is 5.75 Å². The summed E-state index contributed by atoms with van der Waals surface area (Å²) in [5, 5.41) is 0. The van der Waals surface area contributed by atoms with Crippen LogP contribution in [0.15, 0.2) is 24.3 Å². The average Bonchev–Trinajstić information content (AvgIpc) is 2.69. The van der Waals surface area contributed by atoms with Crippen molar-refractivity contribution in [1.82, 2.24) is 0 Å². The molecule has 108 valence electrons. The standard InChI is InChI=1S/C15H20N2O3/c1-15(10-19-9-13(15)16)14(18)17-7-4-8-20-12-6-3-2-5-11(12)17/h2-3,5-6,13H,4,7-10,16H2,1H3. The van der Waals surface area contributed by atoms with Gasteiger partial charge in [0.25, 0.3) is 0 Å². The minimum absolute atomic E-state index is 0.0282.